The zero-order valence-corrected chi connectivity index (χ0v) is 14.1. The van der Waals surface area contributed by atoms with Crippen LogP contribution in [0.5, 0.6) is 0 Å². The van der Waals surface area contributed by atoms with Crippen molar-refractivity contribution in [3.8, 4) is 0 Å². The lowest BCUT2D eigenvalue weighted by molar-refractivity contribution is 0.301. The number of rotatable bonds is 5. The fourth-order valence-corrected chi connectivity index (χ4v) is 5.44. The second-order valence-corrected chi connectivity index (χ2v) is 8.12. The second kappa shape index (κ2) is 7.69. The van der Waals surface area contributed by atoms with Gasteiger partial charge in [-0.05, 0) is 42.9 Å². The van der Waals surface area contributed by atoms with Crippen LogP contribution in [-0.2, 0) is 0 Å². The number of nitrogens with one attached hydrogen (secondary N) is 1. The standard InChI is InChI=1S/C19H29NS/c1-2-21-19-14-8-13-18(19)20-17-12-7-6-11-16(17)15-9-4-3-5-10-15/h3-5,9-10,16-20H,2,6-8,11-14H2,1H3. The van der Waals surface area contributed by atoms with E-state index in [1.54, 1.807) is 5.56 Å². The lowest BCUT2D eigenvalue weighted by Crippen LogP contribution is -2.45. The summed E-state index contributed by atoms with van der Waals surface area (Å²) in [6, 6.07) is 12.7. The van der Waals surface area contributed by atoms with Crippen molar-refractivity contribution in [2.24, 2.45) is 0 Å². The lowest BCUT2D eigenvalue weighted by Gasteiger charge is -2.36. The van der Waals surface area contributed by atoms with Gasteiger partial charge in [0.05, 0.1) is 0 Å². The molecule has 3 rings (SSSR count). The summed E-state index contributed by atoms with van der Waals surface area (Å²) in [6.45, 7) is 2.30. The highest BCUT2D eigenvalue weighted by molar-refractivity contribution is 7.99. The minimum absolute atomic E-state index is 0.698. The smallest absolute Gasteiger partial charge is 0.0201 e. The van der Waals surface area contributed by atoms with E-state index in [1.165, 1.54) is 50.7 Å². The minimum atomic E-state index is 0.698. The summed E-state index contributed by atoms with van der Waals surface area (Å²) >= 11 is 2.17. The lowest BCUT2D eigenvalue weighted by atomic mass is 9.79. The van der Waals surface area contributed by atoms with Crippen LogP contribution in [0.3, 0.4) is 0 Å². The van der Waals surface area contributed by atoms with E-state index >= 15 is 0 Å². The Balaban J connectivity index is 1.67. The first kappa shape index (κ1) is 15.4. The van der Waals surface area contributed by atoms with Gasteiger partial charge in [0.2, 0.25) is 0 Å². The molecule has 1 aromatic carbocycles. The van der Waals surface area contributed by atoms with Crippen molar-refractivity contribution in [2.75, 3.05) is 5.75 Å². The normalized spacial score (nSPS) is 33.2. The van der Waals surface area contributed by atoms with E-state index in [0.29, 0.717) is 6.04 Å². The van der Waals surface area contributed by atoms with Gasteiger partial charge in [-0.25, -0.2) is 0 Å². The molecule has 0 aromatic heterocycles. The fraction of sp³-hybridized carbons (Fsp3) is 0.684. The molecule has 0 radical (unpaired) electrons. The van der Waals surface area contributed by atoms with E-state index in [9.17, 15) is 0 Å². The Morgan fingerprint density at radius 2 is 1.71 bits per heavy atom. The van der Waals surface area contributed by atoms with Crippen LogP contribution < -0.4 is 5.32 Å². The van der Waals surface area contributed by atoms with Crippen molar-refractivity contribution in [2.45, 2.75) is 75.1 Å². The van der Waals surface area contributed by atoms with Gasteiger partial charge >= 0.3 is 0 Å². The molecule has 0 aliphatic heterocycles. The summed E-state index contributed by atoms with van der Waals surface area (Å²) in [5.41, 5.74) is 1.55. The molecule has 1 nitrogen and oxygen atoms in total. The minimum Gasteiger partial charge on any atom is -0.310 e. The molecule has 0 saturated heterocycles. The first-order valence-corrected chi connectivity index (χ1v) is 9.86. The Labute approximate surface area is 134 Å². The predicted molar refractivity (Wildman–Crippen MR) is 94.1 cm³/mol. The molecule has 1 N–H and O–H groups in total. The van der Waals surface area contributed by atoms with Gasteiger partial charge in [-0.3, -0.25) is 0 Å². The molecule has 116 valence electrons. The van der Waals surface area contributed by atoms with E-state index in [0.717, 1.165) is 17.2 Å². The van der Waals surface area contributed by atoms with Crippen LogP contribution in [-0.4, -0.2) is 23.1 Å². The molecule has 2 fully saturated rings. The number of thioether (sulfide) groups is 1. The van der Waals surface area contributed by atoms with Crippen LogP contribution in [0.2, 0.25) is 0 Å². The molecule has 2 aliphatic carbocycles. The third kappa shape index (κ3) is 3.84. The van der Waals surface area contributed by atoms with Crippen molar-refractivity contribution >= 4 is 11.8 Å². The zero-order valence-electron chi connectivity index (χ0n) is 13.3. The van der Waals surface area contributed by atoms with Gasteiger partial charge in [0.1, 0.15) is 0 Å². The molecule has 21 heavy (non-hydrogen) atoms. The van der Waals surface area contributed by atoms with E-state index in [-0.39, 0.29) is 0 Å². The first-order chi connectivity index (χ1) is 10.4. The first-order valence-electron chi connectivity index (χ1n) is 8.81. The Kier molecular flexibility index (Phi) is 5.65. The highest BCUT2D eigenvalue weighted by Gasteiger charge is 2.33. The van der Waals surface area contributed by atoms with E-state index < -0.39 is 0 Å². The Hall–Kier alpha value is -0.470. The summed E-state index contributed by atoms with van der Waals surface area (Å²) in [6.07, 6.45) is 9.74. The maximum atomic E-state index is 4.08. The second-order valence-electron chi connectivity index (χ2n) is 6.61. The van der Waals surface area contributed by atoms with Crippen LogP contribution in [0.1, 0.15) is 63.4 Å². The molecule has 0 bridgehead atoms. The SMILES string of the molecule is CCSC1CCCC1NC1CCCCC1c1ccccc1. The highest BCUT2D eigenvalue weighted by Crippen LogP contribution is 2.36. The molecule has 0 amide bonds. The van der Waals surface area contributed by atoms with Crippen molar-refractivity contribution in [1.82, 2.24) is 5.32 Å². The van der Waals surface area contributed by atoms with Crippen molar-refractivity contribution in [1.29, 1.82) is 0 Å². The van der Waals surface area contributed by atoms with E-state index in [1.807, 2.05) is 0 Å². The maximum absolute atomic E-state index is 4.08. The third-order valence-electron chi connectivity index (χ3n) is 5.26. The summed E-state index contributed by atoms with van der Waals surface area (Å²) in [4.78, 5) is 0. The third-order valence-corrected chi connectivity index (χ3v) is 6.58. The molecular formula is C19H29NS. The predicted octanol–water partition coefficient (Wildman–Crippen LogP) is 4.98. The largest absolute Gasteiger partial charge is 0.310 e. The monoisotopic (exact) mass is 303 g/mol. The van der Waals surface area contributed by atoms with Gasteiger partial charge in [-0.2, -0.15) is 11.8 Å². The average molecular weight is 304 g/mol. The fourth-order valence-electron chi connectivity index (χ4n) is 4.23. The quantitative estimate of drug-likeness (QED) is 0.823. The Morgan fingerprint density at radius 1 is 0.952 bits per heavy atom. The summed E-state index contributed by atoms with van der Waals surface area (Å²) < 4.78 is 0. The average Bonchev–Trinajstić information content (AvgIpc) is 2.96. The summed E-state index contributed by atoms with van der Waals surface area (Å²) in [5, 5.41) is 4.94. The van der Waals surface area contributed by atoms with Gasteiger partial charge < -0.3 is 5.32 Å². The van der Waals surface area contributed by atoms with Gasteiger partial charge in [0.25, 0.3) is 0 Å². The van der Waals surface area contributed by atoms with Gasteiger partial charge in [0.15, 0.2) is 0 Å². The molecule has 0 spiro atoms. The van der Waals surface area contributed by atoms with Crippen molar-refractivity contribution in [3.63, 3.8) is 0 Å². The summed E-state index contributed by atoms with van der Waals surface area (Å²) in [5.74, 6) is 1.99. The zero-order chi connectivity index (χ0) is 14.5. The molecule has 2 heteroatoms. The van der Waals surface area contributed by atoms with E-state index in [2.05, 4.69) is 54.3 Å². The molecule has 2 aliphatic rings. The molecular weight excluding hydrogens is 274 g/mol. The number of benzene rings is 1. The number of hydrogen-bond acceptors (Lipinski definition) is 2. The van der Waals surface area contributed by atoms with Gasteiger partial charge in [-0.1, -0.05) is 56.5 Å². The van der Waals surface area contributed by atoms with E-state index in [4.69, 9.17) is 0 Å². The molecule has 0 heterocycles. The van der Waals surface area contributed by atoms with Crippen LogP contribution in [0, 0.1) is 0 Å². The van der Waals surface area contributed by atoms with Crippen LogP contribution >= 0.6 is 11.8 Å². The van der Waals surface area contributed by atoms with Crippen LogP contribution in [0.15, 0.2) is 30.3 Å². The van der Waals surface area contributed by atoms with Gasteiger partial charge in [-0.15, -0.1) is 0 Å². The van der Waals surface area contributed by atoms with Crippen LogP contribution in [0.25, 0.3) is 0 Å². The Morgan fingerprint density at radius 3 is 2.52 bits per heavy atom. The summed E-state index contributed by atoms with van der Waals surface area (Å²) in [7, 11) is 0. The van der Waals surface area contributed by atoms with Gasteiger partial charge in [0, 0.05) is 17.3 Å². The maximum Gasteiger partial charge on any atom is 0.0201 e. The Bertz CT molecular complexity index is 419. The molecule has 2 saturated carbocycles. The molecule has 4 atom stereocenters. The molecule has 1 aromatic rings. The number of hydrogen-bond donors (Lipinski definition) is 1. The van der Waals surface area contributed by atoms with Crippen LogP contribution in [0.4, 0.5) is 0 Å². The molecule has 4 unspecified atom stereocenters. The highest BCUT2D eigenvalue weighted by atomic mass is 32.2. The topological polar surface area (TPSA) is 12.0 Å². The van der Waals surface area contributed by atoms with Crippen molar-refractivity contribution in [3.05, 3.63) is 35.9 Å². The van der Waals surface area contributed by atoms with Crippen molar-refractivity contribution < 1.29 is 0 Å².